The minimum Gasteiger partial charge on any atom is -0.372 e. The van der Waals surface area contributed by atoms with Crippen LogP contribution in [0.3, 0.4) is 0 Å². The van der Waals surface area contributed by atoms with Crippen molar-refractivity contribution >= 4 is 17.2 Å². The third kappa shape index (κ3) is 3.36. The molecule has 0 fully saturated rings. The maximum atomic E-state index is 5.33. The lowest BCUT2D eigenvalue weighted by Gasteiger charge is -2.08. The van der Waals surface area contributed by atoms with Gasteiger partial charge in [0, 0.05) is 24.5 Å². The predicted octanol–water partition coefficient (Wildman–Crippen LogP) is 2.86. The van der Waals surface area contributed by atoms with Crippen LogP contribution in [0.1, 0.15) is 16.7 Å². The van der Waals surface area contributed by atoms with E-state index in [1.807, 2.05) is 30.5 Å². The number of nitrogens with one attached hydrogen (secondary N) is 1. The van der Waals surface area contributed by atoms with Crippen LogP contribution in [0.5, 0.6) is 0 Å². The van der Waals surface area contributed by atoms with Crippen LogP contribution in [-0.2, 0) is 6.54 Å². The van der Waals surface area contributed by atoms with Crippen molar-refractivity contribution in [2.45, 2.75) is 13.5 Å². The van der Waals surface area contributed by atoms with Gasteiger partial charge in [0.05, 0.1) is 0 Å². The molecule has 0 unspecified atom stereocenters. The zero-order chi connectivity index (χ0) is 12.1. The van der Waals surface area contributed by atoms with E-state index in [-0.39, 0.29) is 0 Å². The van der Waals surface area contributed by atoms with Crippen LogP contribution in [0, 0.1) is 6.92 Å². The lowest BCUT2D eigenvalue weighted by molar-refractivity contribution is 0.919. The van der Waals surface area contributed by atoms with Crippen molar-refractivity contribution in [3.05, 3.63) is 65.5 Å². The van der Waals surface area contributed by atoms with Gasteiger partial charge in [-0.05, 0) is 18.6 Å². The van der Waals surface area contributed by atoms with Gasteiger partial charge < -0.3 is 5.32 Å². The molecule has 0 amide bonds. The highest BCUT2D eigenvalue weighted by molar-refractivity contribution is 7.80. The van der Waals surface area contributed by atoms with Crippen molar-refractivity contribution < 1.29 is 0 Å². The van der Waals surface area contributed by atoms with E-state index in [1.165, 1.54) is 5.56 Å². The Kier molecular flexibility index (Phi) is 3.83. The van der Waals surface area contributed by atoms with Gasteiger partial charge in [-0.3, -0.25) is 4.98 Å². The van der Waals surface area contributed by atoms with E-state index >= 15 is 0 Å². The molecular weight excluding hydrogens is 228 g/mol. The fourth-order valence-electron chi connectivity index (χ4n) is 1.49. The molecular formula is C14H14N2S. The molecule has 1 aromatic heterocycles. The van der Waals surface area contributed by atoms with E-state index in [0.29, 0.717) is 6.54 Å². The van der Waals surface area contributed by atoms with Crippen LogP contribution in [0.15, 0.2) is 48.8 Å². The van der Waals surface area contributed by atoms with E-state index < -0.39 is 0 Å². The molecule has 3 heteroatoms. The quantitative estimate of drug-likeness (QED) is 0.838. The first-order valence-electron chi connectivity index (χ1n) is 5.49. The lowest BCUT2D eigenvalue weighted by Crippen LogP contribution is -2.21. The molecule has 1 N–H and O–H groups in total. The largest absolute Gasteiger partial charge is 0.372 e. The third-order valence-electron chi connectivity index (χ3n) is 2.49. The number of pyridine rings is 1. The summed E-state index contributed by atoms with van der Waals surface area (Å²) < 4.78 is 0. The summed E-state index contributed by atoms with van der Waals surface area (Å²) in [5, 5.41) is 3.23. The smallest absolute Gasteiger partial charge is 0.106 e. The van der Waals surface area contributed by atoms with E-state index in [9.17, 15) is 0 Å². The minimum absolute atomic E-state index is 0.709. The van der Waals surface area contributed by atoms with Gasteiger partial charge in [0.1, 0.15) is 4.99 Å². The molecule has 17 heavy (non-hydrogen) atoms. The van der Waals surface area contributed by atoms with Crippen molar-refractivity contribution in [2.75, 3.05) is 0 Å². The van der Waals surface area contributed by atoms with Gasteiger partial charge in [-0.2, -0.15) is 0 Å². The van der Waals surface area contributed by atoms with Crippen LogP contribution < -0.4 is 5.32 Å². The standard InChI is InChI=1S/C14H14N2S/c1-11-4-6-13(7-5-11)14(17)16-10-12-3-2-8-15-9-12/h2-9H,10H2,1H3,(H,16,17). The van der Waals surface area contributed by atoms with Crippen LogP contribution in [0.25, 0.3) is 0 Å². The van der Waals surface area contributed by atoms with Crippen molar-refractivity contribution in [3.63, 3.8) is 0 Å². The van der Waals surface area contributed by atoms with Crippen LogP contribution in [0.2, 0.25) is 0 Å². The van der Waals surface area contributed by atoms with E-state index in [0.717, 1.165) is 16.1 Å². The second-order valence-corrected chi connectivity index (χ2v) is 4.32. The van der Waals surface area contributed by atoms with Gasteiger partial charge in [-0.15, -0.1) is 0 Å². The maximum absolute atomic E-state index is 5.33. The fraction of sp³-hybridized carbons (Fsp3) is 0.143. The molecule has 0 spiro atoms. The molecule has 0 atom stereocenters. The first-order chi connectivity index (χ1) is 8.25. The van der Waals surface area contributed by atoms with Crippen LogP contribution >= 0.6 is 12.2 Å². The van der Waals surface area contributed by atoms with Crippen molar-refractivity contribution in [3.8, 4) is 0 Å². The summed E-state index contributed by atoms with van der Waals surface area (Å²) in [6.07, 6.45) is 3.60. The zero-order valence-corrected chi connectivity index (χ0v) is 10.5. The Labute approximate surface area is 107 Å². The molecule has 0 saturated heterocycles. The Morgan fingerprint density at radius 2 is 2.00 bits per heavy atom. The summed E-state index contributed by atoms with van der Waals surface area (Å²) in [5.74, 6) is 0. The van der Waals surface area contributed by atoms with Crippen LogP contribution in [0.4, 0.5) is 0 Å². The summed E-state index contributed by atoms with van der Waals surface area (Å²) in [4.78, 5) is 4.84. The molecule has 2 nitrogen and oxygen atoms in total. The highest BCUT2D eigenvalue weighted by Crippen LogP contribution is 2.04. The van der Waals surface area contributed by atoms with Crippen molar-refractivity contribution in [2.24, 2.45) is 0 Å². The number of nitrogens with zero attached hydrogens (tertiary/aromatic N) is 1. The van der Waals surface area contributed by atoms with Gasteiger partial charge in [0.2, 0.25) is 0 Å². The molecule has 2 aromatic rings. The molecule has 0 aliphatic carbocycles. The van der Waals surface area contributed by atoms with Crippen LogP contribution in [-0.4, -0.2) is 9.97 Å². The average Bonchev–Trinajstić information content (AvgIpc) is 2.38. The summed E-state index contributed by atoms with van der Waals surface area (Å²) in [6.45, 7) is 2.77. The third-order valence-corrected chi connectivity index (χ3v) is 2.87. The number of hydrogen-bond donors (Lipinski definition) is 1. The lowest BCUT2D eigenvalue weighted by atomic mass is 10.1. The molecule has 1 heterocycles. The van der Waals surface area contributed by atoms with Gasteiger partial charge in [0.15, 0.2) is 0 Å². The number of aromatic nitrogens is 1. The summed E-state index contributed by atoms with van der Waals surface area (Å²) >= 11 is 5.33. The van der Waals surface area contributed by atoms with Crippen molar-refractivity contribution in [1.29, 1.82) is 0 Å². The first kappa shape index (κ1) is 11.7. The van der Waals surface area contributed by atoms with Gasteiger partial charge >= 0.3 is 0 Å². The van der Waals surface area contributed by atoms with E-state index in [4.69, 9.17) is 12.2 Å². The zero-order valence-electron chi connectivity index (χ0n) is 9.68. The normalized spacial score (nSPS) is 9.94. The predicted molar refractivity (Wildman–Crippen MR) is 74.0 cm³/mol. The fourth-order valence-corrected chi connectivity index (χ4v) is 1.70. The Morgan fingerprint density at radius 3 is 2.65 bits per heavy atom. The number of aryl methyl sites for hydroxylation is 1. The first-order valence-corrected chi connectivity index (χ1v) is 5.90. The monoisotopic (exact) mass is 242 g/mol. The second kappa shape index (κ2) is 5.55. The van der Waals surface area contributed by atoms with Gasteiger partial charge in [-0.1, -0.05) is 48.1 Å². The number of benzene rings is 1. The Balaban J connectivity index is 1.96. The van der Waals surface area contributed by atoms with Gasteiger partial charge in [0.25, 0.3) is 0 Å². The number of rotatable bonds is 3. The average molecular weight is 242 g/mol. The molecule has 2 rings (SSSR count). The van der Waals surface area contributed by atoms with E-state index in [2.05, 4.69) is 29.4 Å². The minimum atomic E-state index is 0.709. The molecule has 0 bridgehead atoms. The topological polar surface area (TPSA) is 24.9 Å². The van der Waals surface area contributed by atoms with Crippen molar-refractivity contribution in [1.82, 2.24) is 10.3 Å². The Hall–Kier alpha value is -1.74. The molecule has 0 aliphatic rings. The maximum Gasteiger partial charge on any atom is 0.106 e. The Morgan fingerprint density at radius 1 is 1.24 bits per heavy atom. The van der Waals surface area contributed by atoms with Gasteiger partial charge in [-0.25, -0.2) is 0 Å². The molecule has 0 aliphatic heterocycles. The second-order valence-electron chi connectivity index (χ2n) is 3.91. The number of hydrogen-bond acceptors (Lipinski definition) is 2. The number of thiocarbonyl (C=S) groups is 1. The molecule has 1 aromatic carbocycles. The summed E-state index contributed by atoms with van der Waals surface area (Å²) in [5.41, 5.74) is 3.42. The highest BCUT2D eigenvalue weighted by atomic mass is 32.1. The molecule has 0 saturated carbocycles. The summed E-state index contributed by atoms with van der Waals surface area (Å²) in [7, 11) is 0. The summed E-state index contributed by atoms with van der Waals surface area (Å²) in [6, 6.07) is 12.1. The molecule has 0 radical (unpaired) electrons. The SMILES string of the molecule is Cc1ccc(C(=S)NCc2cccnc2)cc1. The molecule has 86 valence electrons. The highest BCUT2D eigenvalue weighted by Gasteiger charge is 2.00. The Bertz CT molecular complexity index is 491. The van der Waals surface area contributed by atoms with E-state index in [1.54, 1.807) is 6.20 Å².